The monoisotopic (exact) mass is 234 g/mol. The molecular weight excluding hydrogens is 212 g/mol. The van der Waals surface area contributed by atoms with Gasteiger partial charge >= 0.3 is 0 Å². The smallest absolute Gasteiger partial charge is 0.115 e. The first-order valence-corrected chi connectivity index (χ1v) is 6.67. The van der Waals surface area contributed by atoms with Crippen molar-refractivity contribution in [3.05, 3.63) is 29.8 Å². The van der Waals surface area contributed by atoms with Crippen LogP contribution in [0.1, 0.15) is 50.7 Å². The molecule has 0 aliphatic heterocycles. The summed E-state index contributed by atoms with van der Waals surface area (Å²) in [6.45, 7) is 2.22. The third kappa shape index (κ3) is 3.01. The van der Waals surface area contributed by atoms with Crippen molar-refractivity contribution < 1.29 is 10.2 Å². The molecule has 1 aromatic rings. The second kappa shape index (κ2) is 5.54. The van der Waals surface area contributed by atoms with E-state index in [2.05, 4.69) is 6.92 Å². The van der Waals surface area contributed by atoms with Gasteiger partial charge in [-0.25, -0.2) is 0 Å². The fourth-order valence-electron chi connectivity index (χ4n) is 3.05. The number of hydrogen-bond acceptors (Lipinski definition) is 2. The first kappa shape index (κ1) is 12.4. The fourth-order valence-corrected chi connectivity index (χ4v) is 3.05. The van der Waals surface area contributed by atoms with Gasteiger partial charge in [0.25, 0.3) is 0 Å². The van der Waals surface area contributed by atoms with Crippen LogP contribution in [0.15, 0.2) is 24.3 Å². The number of rotatable bonds is 4. The van der Waals surface area contributed by atoms with E-state index in [1.807, 2.05) is 6.07 Å². The summed E-state index contributed by atoms with van der Waals surface area (Å²) in [5.74, 6) is 1.40. The van der Waals surface area contributed by atoms with Gasteiger partial charge in [-0.3, -0.25) is 0 Å². The van der Waals surface area contributed by atoms with Gasteiger partial charge in [-0.15, -0.1) is 0 Å². The number of phenolic OH excluding ortho intramolecular Hbond substituents is 1. The molecule has 2 heteroatoms. The molecule has 0 radical (unpaired) electrons. The van der Waals surface area contributed by atoms with E-state index in [1.54, 1.807) is 18.2 Å². The fraction of sp³-hybridized carbons (Fsp3) is 0.600. The molecule has 0 unspecified atom stereocenters. The molecule has 0 aromatic heterocycles. The van der Waals surface area contributed by atoms with Crippen LogP contribution in [0.5, 0.6) is 5.75 Å². The van der Waals surface area contributed by atoms with E-state index < -0.39 is 6.10 Å². The highest BCUT2D eigenvalue weighted by Gasteiger charge is 2.30. The summed E-state index contributed by atoms with van der Waals surface area (Å²) in [6, 6.07) is 7.02. The Kier molecular flexibility index (Phi) is 4.06. The van der Waals surface area contributed by atoms with Crippen LogP contribution in [0.3, 0.4) is 0 Å². The van der Waals surface area contributed by atoms with Crippen molar-refractivity contribution in [1.82, 2.24) is 0 Å². The SMILES string of the molecule is CCC[C@H]1CC[C@H]([C@@H](O)c2cccc(O)c2)C1. The molecule has 2 rings (SSSR count). The molecule has 17 heavy (non-hydrogen) atoms. The van der Waals surface area contributed by atoms with E-state index in [1.165, 1.54) is 19.3 Å². The Balaban J connectivity index is 1.99. The minimum atomic E-state index is -0.413. The van der Waals surface area contributed by atoms with Crippen LogP contribution in [0.4, 0.5) is 0 Å². The minimum Gasteiger partial charge on any atom is -0.508 e. The van der Waals surface area contributed by atoms with Crippen molar-refractivity contribution in [3.63, 3.8) is 0 Å². The number of phenols is 1. The van der Waals surface area contributed by atoms with Crippen LogP contribution in [-0.4, -0.2) is 10.2 Å². The predicted octanol–water partition coefficient (Wildman–Crippen LogP) is 3.64. The topological polar surface area (TPSA) is 40.5 Å². The van der Waals surface area contributed by atoms with Gasteiger partial charge in [-0.05, 0) is 42.4 Å². The van der Waals surface area contributed by atoms with Gasteiger partial charge in [0.15, 0.2) is 0 Å². The average Bonchev–Trinajstić information content (AvgIpc) is 2.77. The van der Waals surface area contributed by atoms with Crippen molar-refractivity contribution in [2.24, 2.45) is 11.8 Å². The summed E-state index contributed by atoms with van der Waals surface area (Å²) >= 11 is 0. The first-order chi connectivity index (χ1) is 8.20. The minimum absolute atomic E-state index is 0.240. The molecular formula is C15H22O2. The van der Waals surface area contributed by atoms with E-state index in [0.29, 0.717) is 5.92 Å². The Morgan fingerprint density at radius 2 is 2.18 bits per heavy atom. The highest BCUT2D eigenvalue weighted by Crippen LogP contribution is 2.41. The highest BCUT2D eigenvalue weighted by molar-refractivity contribution is 5.29. The standard InChI is InChI=1S/C15H22O2/c1-2-4-11-7-8-13(9-11)15(17)12-5-3-6-14(16)10-12/h3,5-6,10-11,13,15-17H,2,4,7-9H2,1H3/t11-,13-,15-/m0/s1. The molecule has 0 bridgehead atoms. The molecule has 0 heterocycles. The van der Waals surface area contributed by atoms with Gasteiger partial charge in [0.1, 0.15) is 5.75 Å². The van der Waals surface area contributed by atoms with Crippen molar-refractivity contribution >= 4 is 0 Å². The Morgan fingerprint density at radius 3 is 2.88 bits per heavy atom. The molecule has 0 amide bonds. The summed E-state index contributed by atoms with van der Waals surface area (Å²) in [5, 5.41) is 19.7. The molecule has 94 valence electrons. The van der Waals surface area contributed by atoms with Crippen LogP contribution < -0.4 is 0 Å². The Morgan fingerprint density at radius 1 is 1.35 bits per heavy atom. The van der Waals surface area contributed by atoms with Gasteiger partial charge in [0, 0.05) is 0 Å². The van der Waals surface area contributed by atoms with Gasteiger partial charge in [-0.2, -0.15) is 0 Å². The van der Waals surface area contributed by atoms with E-state index in [0.717, 1.165) is 24.3 Å². The van der Waals surface area contributed by atoms with Crippen molar-refractivity contribution in [1.29, 1.82) is 0 Å². The molecule has 3 atom stereocenters. The second-order valence-electron chi connectivity index (χ2n) is 5.27. The molecule has 0 saturated heterocycles. The van der Waals surface area contributed by atoms with Crippen LogP contribution in [0.25, 0.3) is 0 Å². The summed E-state index contributed by atoms with van der Waals surface area (Å²) in [5.41, 5.74) is 0.854. The first-order valence-electron chi connectivity index (χ1n) is 6.67. The molecule has 1 fully saturated rings. The largest absolute Gasteiger partial charge is 0.508 e. The lowest BCUT2D eigenvalue weighted by molar-refractivity contribution is 0.108. The van der Waals surface area contributed by atoms with E-state index in [-0.39, 0.29) is 5.75 Å². The van der Waals surface area contributed by atoms with Gasteiger partial charge in [-0.1, -0.05) is 38.3 Å². The molecule has 1 aliphatic rings. The zero-order chi connectivity index (χ0) is 12.3. The average molecular weight is 234 g/mol. The summed E-state index contributed by atoms with van der Waals surface area (Å²) < 4.78 is 0. The molecule has 2 nitrogen and oxygen atoms in total. The Bertz CT molecular complexity index is 362. The molecule has 1 saturated carbocycles. The lowest BCUT2D eigenvalue weighted by Crippen LogP contribution is -2.09. The van der Waals surface area contributed by atoms with Crippen LogP contribution in [-0.2, 0) is 0 Å². The van der Waals surface area contributed by atoms with Crippen molar-refractivity contribution in [2.45, 2.75) is 45.1 Å². The highest BCUT2D eigenvalue weighted by atomic mass is 16.3. The maximum Gasteiger partial charge on any atom is 0.115 e. The Labute approximate surface area is 103 Å². The van der Waals surface area contributed by atoms with Crippen LogP contribution >= 0.6 is 0 Å². The zero-order valence-corrected chi connectivity index (χ0v) is 10.5. The normalized spacial score (nSPS) is 26.0. The van der Waals surface area contributed by atoms with Gasteiger partial charge in [0.2, 0.25) is 0 Å². The van der Waals surface area contributed by atoms with Crippen LogP contribution in [0.2, 0.25) is 0 Å². The number of hydrogen-bond donors (Lipinski definition) is 2. The zero-order valence-electron chi connectivity index (χ0n) is 10.5. The van der Waals surface area contributed by atoms with E-state index >= 15 is 0 Å². The van der Waals surface area contributed by atoms with E-state index in [4.69, 9.17) is 0 Å². The number of benzene rings is 1. The quantitative estimate of drug-likeness (QED) is 0.835. The maximum atomic E-state index is 10.3. The molecule has 2 N–H and O–H groups in total. The van der Waals surface area contributed by atoms with Crippen molar-refractivity contribution in [2.75, 3.05) is 0 Å². The van der Waals surface area contributed by atoms with E-state index in [9.17, 15) is 10.2 Å². The maximum absolute atomic E-state index is 10.3. The third-order valence-electron chi connectivity index (χ3n) is 3.94. The number of aliphatic hydroxyl groups is 1. The molecule has 1 aromatic carbocycles. The number of aliphatic hydroxyl groups excluding tert-OH is 1. The summed E-state index contributed by atoms with van der Waals surface area (Å²) in [7, 11) is 0. The van der Waals surface area contributed by atoms with Gasteiger partial charge < -0.3 is 10.2 Å². The van der Waals surface area contributed by atoms with Crippen LogP contribution in [0, 0.1) is 11.8 Å². The Hall–Kier alpha value is -1.02. The van der Waals surface area contributed by atoms with Gasteiger partial charge in [0.05, 0.1) is 6.10 Å². The third-order valence-corrected chi connectivity index (χ3v) is 3.94. The lowest BCUT2D eigenvalue weighted by Gasteiger charge is -2.19. The molecule has 0 spiro atoms. The summed E-state index contributed by atoms with van der Waals surface area (Å²) in [6.07, 6.45) is 5.59. The van der Waals surface area contributed by atoms with Crippen molar-refractivity contribution in [3.8, 4) is 5.75 Å². The lowest BCUT2D eigenvalue weighted by atomic mass is 9.92. The molecule has 1 aliphatic carbocycles. The number of aromatic hydroxyl groups is 1. The second-order valence-corrected chi connectivity index (χ2v) is 5.27. The predicted molar refractivity (Wildman–Crippen MR) is 68.8 cm³/mol. The summed E-state index contributed by atoms with van der Waals surface area (Å²) in [4.78, 5) is 0.